The summed E-state index contributed by atoms with van der Waals surface area (Å²) in [6, 6.07) is 5.34. The molecule has 1 unspecified atom stereocenters. The number of hydrogen-bond donors (Lipinski definition) is 2. The van der Waals surface area contributed by atoms with Crippen molar-refractivity contribution in [2.24, 2.45) is 5.73 Å². The van der Waals surface area contributed by atoms with E-state index in [0.717, 1.165) is 25.0 Å². The van der Waals surface area contributed by atoms with Crippen LogP contribution in [0.15, 0.2) is 24.3 Å². The summed E-state index contributed by atoms with van der Waals surface area (Å²) in [5, 5.41) is 3.06. The molecule has 0 saturated heterocycles. The topological polar surface area (TPSA) is 38.0 Å². The standard InChI is InChI=1S/C12H17F3N2.C2H6/c1-2-10(6-7-16)17-11-5-3-4-9(8-11)12(13,14)15;1-2/h3-5,8,10,17H,2,6-7,16H2,1H3;1-2H3. The maximum Gasteiger partial charge on any atom is 0.416 e. The lowest BCUT2D eigenvalue weighted by molar-refractivity contribution is -0.137. The van der Waals surface area contributed by atoms with Gasteiger partial charge in [0.25, 0.3) is 0 Å². The minimum atomic E-state index is -4.30. The van der Waals surface area contributed by atoms with E-state index in [1.807, 2.05) is 20.8 Å². The predicted octanol–water partition coefficient (Wildman–Crippen LogP) is 4.27. The molecule has 110 valence electrons. The molecule has 0 aliphatic rings. The van der Waals surface area contributed by atoms with Gasteiger partial charge >= 0.3 is 6.18 Å². The number of nitrogens with two attached hydrogens (primary N) is 1. The molecular formula is C14H23F3N2. The molecule has 1 aromatic carbocycles. The third-order valence-electron chi connectivity index (χ3n) is 2.57. The molecule has 5 heteroatoms. The highest BCUT2D eigenvalue weighted by atomic mass is 19.4. The summed E-state index contributed by atoms with van der Waals surface area (Å²) in [5.41, 5.74) is 5.29. The minimum Gasteiger partial charge on any atom is -0.382 e. The Labute approximate surface area is 113 Å². The Hall–Kier alpha value is -1.23. The Morgan fingerprint density at radius 2 is 1.89 bits per heavy atom. The van der Waals surface area contributed by atoms with Crippen LogP contribution in [0.5, 0.6) is 0 Å². The second-order valence-electron chi connectivity index (χ2n) is 3.91. The summed E-state index contributed by atoms with van der Waals surface area (Å²) in [4.78, 5) is 0. The normalized spacial score (nSPS) is 12.4. The smallest absolute Gasteiger partial charge is 0.382 e. The SMILES string of the molecule is CC.CCC(CCN)Nc1cccc(C(F)(F)F)c1. The van der Waals surface area contributed by atoms with E-state index < -0.39 is 11.7 Å². The van der Waals surface area contributed by atoms with Gasteiger partial charge in [-0.25, -0.2) is 0 Å². The van der Waals surface area contributed by atoms with Crippen LogP contribution in [0.3, 0.4) is 0 Å². The number of hydrogen-bond acceptors (Lipinski definition) is 2. The fraction of sp³-hybridized carbons (Fsp3) is 0.571. The lowest BCUT2D eigenvalue weighted by Gasteiger charge is -2.18. The molecule has 0 aromatic heterocycles. The van der Waals surface area contributed by atoms with E-state index in [0.29, 0.717) is 12.2 Å². The van der Waals surface area contributed by atoms with Crippen LogP contribution in [0.2, 0.25) is 0 Å². The van der Waals surface area contributed by atoms with E-state index >= 15 is 0 Å². The van der Waals surface area contributed by atoms with Crippen molar-refractivity contribution in [2.45, 2.75) is 45.8 Å². The summed E-state index contributed by atoms with van der Waals surface area (Å²) >= 11 is 0. The molecule has 0 bridgehead atoms. The van der Waals surface area contributed by atoms with Gasteiger partial charge in [0, 0.05) is 11.7 Å². The van der Waals surface area contributed by atoms with E-state index in [1.165, 1.54) is 6.07 Å². The molecule has 0 aliphatic heterocycles. The molecular weight excluding hydrogens is 253 g/mol. The highest BCUT2D eigenvalue weighted by molar-refractivity contribution is 5.47. The van der Waals surface area contributed by atoms with Gasteiger partial charge in [-0.15, -0.1) is 0 Å². The molecule has 1 rings (SSSR count). The van der Waals surface area contributed by atoms with Gasteiger partial charge in [-0.05, 0) is 37.6 Å². The lowest BCUT2D eigenvalue weighted by Crippen LogP contribution is -2.22. The molecule has 0 saturated carbocycles. The number of anilines is 1. The largest absolute Gasteiger partial charge is 0.416 e. The molecule has 0 spiro atoms. The van der Waals surface area contributed by atoms with Crippen LogP contribution >= 0.6 is 0 Å². The zero-order valence-electron chi connectivity index (χ0n) is 11.7. The first-order valence-corrected chi connectivity index (χ1v) is 6.61. The first-order chi connectivity index (χ1) is 8.97. The van der Waals surface area contributed by atoms with E-state index in [9.17, 15) is 13.2 Å². The van der Waals surface area contributed by atoms with Gasteiger partial charge in [0.2, 0.25) is 0 Å². The maximum atomic E-state index is 12.5. The van der Waals surface area contributed by atoms with Crippen LogP contribution in [0.4, 0.5) is 18.9 Å². The van der Waals surface area contributed by atoms with Gasteiger partial charge in [-0.3, -0.25) is 0 Å². The summed E-state index contributed by atoms with van der Waals surface area (Å²) in [6.45, 7) is 6.49. The lowest BCUT2D eigenvalue weighted by atomic mass is 10.1. The molecule has 0 radical (unpaired) electrons. The van der Waals surface area contributed by atoms with Crippen LogP contribution < -0.4 is 11.1 Å². The fourth-order valence-electron chi connectivity index (χ4n) is 1.60. The highest BCUT2D eigenvalue weighted by Crippen LogP contribution is 2.30. The number of rotatable bonds is 5. The van der Waals surface area contributed by atoms with Gasteiger partial charge in [0.05, 0.1) is 5.56 Å². The average Bonchev–Trinajstić information content (AvgIpc) is 2.40. The van der Waals surface area contributed by atoms with Crippen molar-refractivity contribution in [1.29, 1.82) is 0 Å². The fourth-order valence-corrected chi connectivity index (χ4v) is 1.60. The van der Waals surface area contributed by atoms with Crippen molar-refractivity contribution in [3.05, 3.63) is 29.8 Å². The molecule has 0 fully saturated rings. The summed E-state index contributed by atoms with van der Waals surface area (Å²) in [5.74, 6) is 0. The Balaban J connectivity index is 0.00000154. The molecule has 0 heterocycles. The Bertz CT molecular complexity index is 351. The van der Waals surface area contributed by atoms with E-state index in [1.54, 1.807) is 6.07 Å². The maximum absolute atomic E-state index is 12.5. The van der Waals surface area contributed by atoms with Crippen molar-refractivity contribution in [3.63, 3.8) is 0 Å². The molecule has 1 aromatic rings. The third kappa shape index (κ3) is 6.47. The van der Waals surface area contributed by atoms with Crippen LogP contribution in [-0.2, 0) is 6.18 Å². The van der Waals surface area contributed by atoms with Crippen molar-refractivity contribution in [2.75, 3.05) is 11.9 Å². The van der Waals surface area contributed by atoms with Crippen molar-refractivity contribution >= 4 is 5.69 Å². The van der Waals surface area contributed by atoms with Gasteiger partial charge in [0.15, 0.2) is 0 Å². The molecule has 3 N–H and O–H groups in total. The molecule has 0 aliphatic carbocycles. The first-order valence-electron chi connectivity index (χ1n) is 6.61. The van der Waals surface area contributed by atoms with Crippen molar-refractivity contribution in [1.82, 2.24) is 0 Å². The Morgan fingerprint density at radius 3 is 2.37 bits per heavy atom. The van der Waals surface area contributed by atoms with Crippen molar-refractivity contribution in [3.8, 4) is 0 Å². The molecule has 19 heavy (non-hydrogen) atoms. The zero-order chi connectivity index (χ0) is 14.9. The van der Waals surface area contributed by atoms with E-state index in [2.05, 4.69) is 5.32 Å². The third-order valence-corrected chi connectivity index (χ3v) is 2.57. The van der Waals surface area contributed by atoms with Gasteiger partial charge < -0.3 is 11.1 Å². The molecule has 0 amide bonds. The van der Waals surface area contributed by atoms with Crippen LogP contribution in [0, 0.1) is 0 Å². The number of halogens is 3. The summed E-state index contributed by atoms with van der Waals surface area (Å²) in [6.07, 6.45) is -2.73. The van der Waals surface area contributed by atoms with Crippen LogP contribution in [0.1, 0.15) is 39.2 Å². The number of nitrogens with one attached hydrogen (secondary N) is 1. The second-order valence-corrected chi connectivity index (χ2v) is 3.91. The minimum absolute atomic E-state index is 0.114. The molecule has 2 nitrogen and oxygen atoms in total. The van der Waals surface area contributed by atoms with Gasteiger partial charge in [-0.1, -0.05) is 26.8 Å². The van der Waals surface area contributed by atoms with Gasteiger partial charge in [0.1, 0.15) is 0 Å². The summed E-state index contributed by atoms with van der Waals surface area (Å²) in [7, 11) is 0. The second kappa shape index (κ2) is 8.80. The monoisotopic (exact) mass is 276 g/mol. The summed E-state index contributed by atoms with van der Waals surface area (Å²) < 4.78 is 37.5. The Morgan fingerprint density at radius 1 is 1.26 bits per heavy atom. The Kier molecular flexibility index (Phi) is 8.23. The molecule has 1 atom stereocenters. The first kappa shape index (κ1) is 17.8. The van der Waals surface area contributed by atoms with Crippen LogP contribution in [-0.4, -0.2) is 12.6 Å². The number of alkyl halides is 3. The van der Waals surface area contributed by atoms with Crippen LogP contribution in [0.25, 0.3) is 0 Å². The van der Waals surface area contributed by atoms with Gasteiger partial charge in [-0.2, -0.15) is 13.2 Å². The predicted molar refractivity (Wildman–Crippen MR) is 74.2 cm³/mol. The average molecular weight is 276 g/mol. The van der Waals surface area contributed by atoms with E-state index in [-0.39, 0.29) is 6.04 Å². The highest BCUT2D eigenvalue weighted by Gasteiger charge is 2.30. The number of benzene rings is 1. The van der Waals surface area contributed by atoms with Crippen molar-refractivity contribution < 1.29 is 13.2 Å². The van der Waals surface area contributed by atoms with E-state index in [4.69, 9.17) is 5.73 Å². The quantitative estimate of drug-likeness (QED) is 0.842. The zero-order valence-corrected chi connectivity index (χ0v) is 11.7.